The van der Waals surface area contributed by atoms with Gasteiger partial charge in [-0.2, -0.15) is 0 Å². The number of carbonyl (C=O) groups is 5. The lowest BCUT2D eigenvalue weighted by atomic mass is 10.1. The molecule has 1 saturated carbocycles. The lowest BCUT2D eigenvalue weighted by Gasteiger charge is -2.20. The number of hydrogen-bond donors (Lipinski definition) is 12. The molecule has 0 aromatic heterocycles. The molecule has 0 spiro atoms. The summed E-state index contributed by atoms with van der Waals surface area (Å²) in [6, 6.07) is 64.5. The van der Waals surface area contributed by atoms with Crippen molar-refractivity contribution in [2.24, 2.45) is 0 Å². The summed E-state index contributed by atoms with van der Waals surface area (Å²) in [5.74, 6) is -1.31. The summed E-state index contributed by atoms with van der Waals surface area (Å²) in [5.41, 5.74) is 15.8. The minimum Gasteiger partial charge on any atom is -0.395 e. The highest BCUT2D eigenvalue weighted by Gasteiger charge is 2.27. The molecule has 0 atom stereocenters. The zero-order chi connectivity index (χ0) is 86.6. The number of aliphatic hydroxyl groups excluding tert-OH is 3. The molecule has 0 saturated heterocycles. The van der Waals surface area contributed by atoms with Crippen LogP contribution >= 0.6 is 163 Å². The highest BCUT2D eigenvalue weighted by molar-refractivity contribution is 14.1. The van der Waals surface area contributed by atoms with Crippen molar-refractivity contribution in [2.45, 2.75) is 59.9 Å². The second-order valence-corrected chi connectivity index (χ2v) is 35.4. The molecule has 620 valence electrons. The van der Waals surface area contributed by atoms with Crippen molar-refractivity contribution in [3.05, 3.63) is 319 Å². The fourth-order valence-electron chi connectivity index (χ4n) is 11.3. The van der Waals surface area contributed by atoms with E-state index in [2.05, 4.69) is 218 Å². The number of nitrogens with one attached hydrogen (secondary N) is 9. The minimum absolute atomic E-state index is 0.0735. The van der Waals surface area contributed by atoms with E-state index in [-0.39, 0.29) is 85.6 Å². The Labute approximate surface area is 785 Å². The van der Waals surface area contributed by atoms with Crippen molar-refractivity contribution in [1.29, 1.82) is 0 Å². The number of anilines is 11. The molecule has 12 rings (SSSR count). The normalized spacial score (nSPS) is 11.0. The van der Waals surface area contributed by atoms with Crippen LogP contribution in [0.25, 0.3) is 0 Å². The maximum atomic E-state index is 13.1. The van der Waals surface area contributed by atoms with Gasteiger partial charge in [0.05, 0.1) is 85.9 Å². The van der Waals surface area contributed by atoms with Crippen LogP contribution in [-0.4, -0.2) is 107 Å². The molecule has 1 aliphatic rings. The second kappa shape index (κ2) is 47.7. The van der Waals surface area contributed by atoms with E-state index in [1.807, 2.05) is 174 Å². The highest BCUT2D eigenvalue weighted by Crippen LogP contribution is 2.35. The van der Waals surface area contributed by atoms with Gasteiger partial charge >= 0.3 is 0 Å². The number of hydrogen-bond acceptors (Lipinski definition) is 17. The fraction of sp³-hybridized carbons (Fsp3) is 0.184. The van der Waals surface area contributed by atoms with Crippen LogP contribution in [0, 0.1) is 69.3 Å². The molecule has 11 aromatic rings. The lowest BCUT2D eigenvalue weighted by molar-refractivity contribution is -0.385. The first kappa shape index (κ1) is 96.1. The molecule has 32 heteroatoms. The van der Waals surface area contributed by atoms with Crippen LogP contribution in [0.2, 0.25) is 5.02 Å². The van der Waals surface area contributed by atoms with E-state index in [9.17, 15) is 44.2 Å². The Morgan fingerprint density at radius 2 is 0.748 bits per heavy atom. The van der Waals surface area contributed by atoms with Crippen LogP contribution in [0.3, 0.4) is 0 Å². The van der Waals surface area contributed by atoms with Gasteiger partial charge in [-0.05, 0) is 380 Å². The van der Waals surface area contributed by atoms with Gasteiger partial charge in [0.2, 0.25) is 0 Å². The topological polar surface area (TPSA) is 344 Å². The Morgan fingerprint density at radius 1 is 0.420 bits per heavy atom. The van der Waals surface area contributed by atoms with Crippen molar-refractivity contribution in [3.8, 4) is 0 Å². The number of non-ortho nitro benzene ring substituents is 2. The number of nitrogens with zero attached hydrogens (tertiary/aromatic N) is 3. The van der Waals surface area contributed by atoms with E-state index >= 15 is 0 Å². The van der Waals surface area contributed by atoms with Gasteiger partial charge in [-0.1, -0.05) is 52.7 Å². The number of carbonyl (C=O) groups excluding carboxylic acids is 5. The Balaban J connectivity index is 0.000000186. The summed E-state index contributed by atoms with van der Waals surface area (Å²) in [5, 5.41) is 76.7. The van der Waals surface area contributed by atoms with Gasteiger partial charge in [0.25, 0.3) is 40.9 Å². The molecule has 11 aromatic carbocycles. The van der Waals surface area contributed by atoms with E-state index in [4.69, 9.17) is 26.9 Å². The van der Waals surface area contributed by atoms with Crippen molar-refractivity contribution in [1.82, 2.24) is 21.3 Å². The molecular formula is C87H84BrClI6N12O12. The van der Waals surface area contributed by atoms with Gasteiger partial charge in [0, 0.05) is 122 Å². The lowest BCUT2D eigenvalue weighted by Crippen LogP contribution is -2.27. The number of halogens is 8. The predicted molar refractivity (Wildman–Crippen MR) is 529 cm³/mol. The Kier molecular flexibility index (Phi) is 38.5. The molecule has 24 nitrogen and oxygen atoms in total. The number of nitro groups is 2. The van der Waals surface area contributed by atoms with Gasteiger partial charge < -0.3 is 68.1 Å². The van der Waals surface area contributed by atoms with Crippen LogP contribution in [0.1, 0.15) is 99.4 Å². The Bertz CT molecular complexity index is 5370. The quantitative estimate of drug-likeness (QED) is 0.0136. The van der Waals surface area contributed by atoms with Gasteiger partial charge in [0.1, 0.15) is 0 Å². The number of para-hydroxylation sites is 1. The maximum absolute atomic E-state index is 13.1. The average molecular weight is 2370 g/mol. The summed E-state index contributed by atoms with van der Waals surface area (Å²) in [7, 11) is 1.65. The number of aliphatic hydroxyl groups is 3. The van der Waals surface area contributed by atoms with E-state index in [1.54, 1.807) is 31.3 Å². The van der Waals surface area contributed by atoms with Crippen LogP contribution in [-0.2, 0) is 6.42 Å². The molecule has 0 heterocycles. The van der Waals surface area contributed by atoms with Gasteiger partial charge in [0.15, 0.2) is 0 Å². The van der Waals surface area contributed by atoms with Crippen molar-refractivity contribution >= 4 is 267 Å². The van der Waals surface area contributed by atoms with E-state index in [0.29, 0.717) is 44.8 Å². The molecule has 119 heavy (non-hydrogen) atoms. The number of nitro benzene ring substituents is 2. The number of rotatable bonds is 26. The van der Waals surface area contributed by atoms with E-state index in [0.717, 1.165) is 111 Å². The van der Waals surface area contributed by atoms with Crippen molar-refractivity contribution < 1.29 is 49.1 Å². The van der Waals surface area contributed by atoms with Gasteiger partial charge in [-0.15, -0.1) is 0 Å². The van der Waals surface area contributed by atoms with Crippen molar-refractivity contribution in [2.75, 3.05) is 78.0 Å². The van der Waals surface area contributed by atoms with Crippen LogP contribution in [0.5, 0.6) is 0 Å². The Hall–Kier alpha value is -8.40. The van der Waals surface area contributed by atoms with Gasteiger partial charge in [-0.25, -0.2) is 0 Å². The first-order valence-electron chi connectivity index (χ1n) is 36.8. The number of amides is 5. The van der Waals surface area contributed by atoms with Gasteiger partial charge in [-0.3, -0.25) is 44.2 Å². The zero-order valence-corrected chi connectivity index (χ0v) is 80.3. The molecule has 12 N–H and O–H groups in total. The summed E-state index contributed by atoms with van der Waals surface area (Å²) < 4.78 is 7.53. The predicted octanol–water partition coefficient (Wildman–Crippen LogP) is 21.1. The zero-order valence-electron chi connectivity index (χ0n) is 65.0. The monoisotopic (exact) mass is 2360 g/mol. The van der Waals surface area contributed by atoms with Crippen molar-refractivity contribution in [3.63, 3.8) is 0 Å². The smallest absolute Gasteiger partial charge is 0.270 e. The molecular weight excluding hydrogens is 2280 g/mol. The number of benzene rings is 11. The standard InChI is InChI=1S/C21H18IN3O3.C17H16ClIN2O.C17H18IN3O4.C16H16BrIN2O2.C16H16I2N2O2/c1-14-12-15(22)8-10-19(14)23-20-11-9-17(25(27)28)13-18(20)21(26)24(2)16-6-4-3-5-7-16;1-10-8-12(19)3-7-15(10)21-16-6-2-11(18)9-14(16)17(22)20-13-4-5-13;1-2-11-9-12(18)3-5-15(11)20-16-6-4-13(21(24)25)10-14(16)17(23)19-7-8-22;1-10-8-12(18)3-5-14(10)20-15-4-2-11(17)9-13(15)16(22)19-6-7-21;1-10-8-11(17)2-4-14(10)20-15-5-3-12(18)9-13(15)16(22)19-6-7-21/h3-13,23H,1-2H3;2-3,6-9,13,21H,4-5H2,1H3,(H,20,22);3-6,9-10,20,22H,2,7-8H2,1H3,(H,19,23);2*2-5,8-9,20-21H,6-7H2,1H3,(H,19,22). The molecule has 1 aliphatic carbocycles. The third-order valence-electron chi connectivity index (χ3n) is 17.7. The SMILES string of the molecule is CCc1cc(I)ccc1Nc1ccc([N+](=O)[O-])cc1C(=O)NCCO.Cc1cc(I)ccc1Nc1ccc(Br)cc1C(=O)NCCO.Cc1cc(I)ccc1Nc1ccc(Cl)cc1C(=O)NC1CC1.Cc1cc(I)ccc1Nc1ccc(I)cc1C(=O)NCCO.Cc1cc(I)ccc1Nc1ccc([N+](=O)[O-])cc1C(=O)N(C)c1ccccc1. The Morgan fingerprint density at radius 3 is 1.14 bits per heavy atom. The third kappa shape index (κ3) is 29.7. The van der Waals surface area contributed by atoms with Crippen LogP contribution in [0.4, 0.5) is 73.9 Å². The molecule has 0 bridgehead atoms. The molecule has 0 aliphatic heterocycles. The van der Waals surface area contributed by atoms with E-state index < -0.39 is 15.8 Å². The minimum atomic E-state index is -0.547. The first-order valence-corrected chi connectivity index (χ1v) is 44.5. The molecule has 5 amide bonds. The maximum Gasteiger partial charge on any atom is 0.270 e. The first-order chi connectivity index (χ1) is 56.9. The fourth-order valence-corrected chi connectivity index (χ4v) is 15.5. The van der Waals surface area contributed by atoms with E-state index in [1.165, 1.54) is 42.4 Å². The molecule has 1 fully saturated rings. The average Bonchev–Trinajstić information content (AvgIpc) is 0.847. The van der Waals surface area contributed by atoms with Crippen LogP contribution < -0.4 is 52.8 Å². The number of aryl methyl sites for hydroxylation is 5. The summed E-state index contributed by atoms with van der Waals surface area (Å²) in [6.07, 6.45) is 2.93. The summed E-state index contributed by atoms with van der Waals surface area (Å²) >= 11 is 22.9. The summed E-state index contributed by atoms with van der Waals surface area (Å²) in [6.45, 7) is 10.3. The second-order valence-electron chi connectivity index (χ2n) is 26.5. The highest BCUT2D eigenvalue weighted by atomic mass is 127. The third-order valence-corrected chi connectivity index (χ3v) is 22.4. The molecule has 0 radical (unpaired) electrons. The summed E-state index contributed by atoms with van der Waals surface area (Å²) in [4.78, 5) is 85.0. The van der Waals surface area contributed by atoms with Crippen LogP contribution in [0.15, 0.2) is 217 Å². The largest absolute Gasteiger partial charge is 0.395 e. The molecule has 0 unspecified atom stereocenters.